The van der Waals surface area contributed by atoms with E-state index in [0.29, 0.717) is 12.1 Å². The second-order valence-corrected chi connectivity index (χ2v) is 5.75. The maximum absolute atomic E-state index is 5.61. The van der Waals surface area contributed by atoms with Gasteiger partial charge in [-0.15, -0.1) is 0 Å². The average molecular weight is 281 g/mol. The van der Waals surface area contributed by atoms with E-state index >= 15 is 0 Å². The third-order valence-corrected chi connectivity index (χ3v) is 4.35. The SMILES string of the molecule is COC1CCCCC1Nc1ccc(-c2ccccc2)cc1. The van der Waals surface area contributed by atoms with E-state index < -0.39 is 0 Å². The summed E-state index contributed by atoms with van der Waals surface area (Å²) in [5.41, 5.74) is 3.70. The first-order valence-corrected chi connectivity index (χ1v) is 7.81. The summed E-state index contributed by atoms with van der Waals surface area (Å²) >= 11 is 0. The average Bonchev–Trinajstić information content (AvgIpc) is 2.57. The lowest BCUT2D eigenvalue weighted by Gasteiger charge is -2.31. The van der Waals surface area contributed by atoms with Crippen LogP contribution in [0.5, 0.6) is 0 Å². The van der Waals surface area contributed by atoms with Gasteiger partial charge in [0.1, 0.15) is 0 Å². The summed E-state index contributed by atoms with van der Waals surface area (Å²) in [6, 6.07) is 19.6. The molecule has 0 radical (unpaired) electrons. The molecule has 1 aliphatic carbocycles. The number of rotatable bonds is 4. The second-order valence-electron chi connectivity index (χ2n) is 5.75. The van der Waals surface area contributed by atoms with Gasteiger partial charge in [0.15, 0.2) is 0 Å². The molecule has 0 amide bonds. The lowest BCUT2D eigenvalue weighted by Crippen LogP contribution is -2.37. The van der Waals surface area contributed by atoms with Crippen LogP contribution in [0.15, 0.2) is 54.6 Å². The van der Waals surface area contributed by atoms with Crippen molar-refractivity contribution in [1.82, 2.24) is 0 Å². The molecule has 0 aromatic heterocycles. The molecule has 0 aliphatic heterocycles. The number of ether oxygens (including phenoxy) is 1. The minimum atomic E-state index is 0.340. The predicted molar refractivity (Wildman–Crippen MR) is 88.6 cm³/mol. The number of anilines is 1. The van der Waals surface area contributed by atoms with Crippen LogP contribution in [0.3, 0.4) is 0 Å². The van der Waals surface area contributed by atoms with Crippen molar-refractivity contribution in [3.8, 4) is 11.1 Å². The fraction of sp³-hybridized carbons (Fsp3) is 0.368. The molecule has 2 aromatic carbocycles. The molecule has 0 spiro atoms. The van der Waals surface area contributed by atoms with E-state index in [-0.39, 0.29) is 0 Å². The van der Waals surface area contributed by atoms with Crippen LogP contribution in [0.2, 0.25) is 0 Å². The van der Waals surface area contributed by atoms with Crippen molar-refractivity contribution in [2.45, 2.75) is 37.8 Å². The summed E-state index contributed by atoms with van der Waals surface area (Å²) in [6.45, 7) is 0. The summed E-state index contributed by atoms with van der Waals surface area (Å²) < 4.78 is 5.61. The van der Waals surface area contributed by atoms with Crippen LogP contribution in [0.4, 0.5) is 5.69 Å². The second kappa shape index (κ2) is 6.77. The maximum atomic E-state index is 5.61. The largest absolute Gasteiger partial charge is 0.380 e. The van der Waals surface area contributed by atoms with Crippen LogP contribution in [-0.4, -0.2) is 19.3 Å². The molecule has 3 rings (SSSR count). The quantitative estimate of drug-likeness (QED) is 0.875. The molecule has 1 N–H and O–H groups in total. The molecule has 110 valence electrons. The third kappa shape index (κ3) is 3.45. The Bertz CT molecular complexity index is 550. The van der Waals surface area contributed by atoms with Crippen molar-refractivity contribution >= 4 is 5.69 Å². The Morgan fingerprint density at radius 1 is 0.857 bits per heavy atom. The normalized spacial score (nSPS) is 22.0. The van der Waals surface area contributed by atoms with Crippen molar-refractivity contribution in [1.29, 1.82) is 0 Å². The summed E-state index contributed by atoms with van der Waals surface area (Å²) in [5, 5.41) is 3.64. The molecule has 0 heterocycles. The smallest absolute Gasteiger partial charge is 0.0772 e. The van der Waals surface area contributed by atoms with Gasteiger partial charge in [0.05, 0.1) is 12.1 Å². The first-order valence-electron chi connectivity index (χ1n) is 7.81. The van der Waals surface area contributed by atoms with Gasteiger partial charge in [-0.2, -0.15) is 0 Å². The van der Waals surface area contributed by atoms with Crippen LogP contribution in [0, 0.1) is 0 Å². The molecule has 1 aliphatic rings. The van der Waals surface area contributed by atoms with E-state index in [2.05, 4.69) is 53.8 Å². The molecular formula is C19H23NO. The third-order valence-electron chi connectivity index (χ3n) is 4.35. The van der Waals surface area contributed by atoms with Gasteiger partial charge in [-0.05, 0) is 36.1 Å². The van der Waals surface area contributed by atoms with E-state index in [1.54, 1.807) is 0 Å². The summed E-state index contributed by atoms with van der Waals surface area (Å²) in [6.07, 6.45) is 5.27. The molecule has 2 heteroatoms. The molecule has 21 heavy (non-hydrogen) atoms. The highest BCUT2D eigenvalue weighted by Crippen LogP contribution is 2.26. The Hall–Kier alpha value is -1.80. The van der Waals surface area contributed by atoms with E-state index in [9.17, 15) is 0 Å². The Morgan fingerprint density at radius 3 is 2.24 bits per heavy atom. The minimum absolute atomic E-state index is 0.340. The summed E-state index contributed by atoms with van der Waals surface area (Å²) in [7, 11) is 1.82. The van der Waals surface area contributed by atoms with E-state index in [1.165, 1.54) is 36.1 Å². The highest BCUT2D eigenvalue weighted by molar-refractivity contribution is 5.65. The van der Waals surface area contributed by atoms with Crippen molar-refractivity contribution in [3.05, 3.63) is 54.6 Å². The van der Waals surface area contributed by atoms with Gasteiger partial charge in [-0.1, -0.05) is 55.3 Å². The highest BCUT2D eigenvalue weighted by Gasteiger charge is 2.24. The molecule has 0 saturated heterocycles. The first-order chi connectivity index (χ1) is 10.4. The fourth-order valence-corrected chi connectivity index (χ4v) is 3.15. The van der Waals surface area contributed by atoms with Gasteiger partial charge in [0.2, 0.25) is 0 Å². The molecule has 1 fully saturated rings. The molecule has 2 nitrogen and oxygen atoms in total. The van der Waals surface area contributed by atoms with E-state index in [4.69, 9.17) is 4.74 Å². The zero-order valence-electron chi connectivity index (χ0n) is 12.6. The number of hydrogen-bond donors (Lipinski definition) is 1. The Labute approximate surface area is 127 Å². The Kier molecular flexibility index (Phi) is 4.56. The zero-order chi connectivity index (χ0) is 14.5. The number of hydrogen-bond acceptors (Lipinski definition) is 2. The molecule has 2 aromatic rings. The fourth-order valence-electron chi connectivity index (χ4n) is 3.15. The molecule has 1 saturated carbocycles. The lowest BCUT2D eigenvalue weighted by atomic mass is 9.92. The van der Waals surface area contributed by atoms with Crippen LogP contribution in [0.1, 0.15) is 25.7 Å². The topological polar surface area (TPSA) is 21.3 Å². The minimum Gasteiger partial charge on any atom is -0.380 e. The van der Waals surface area contributed by atoms with Gasteiger partial charge in [0.25, 0.3) is 0 Å². The maximum Gasteiger partial charge on any atom is 0.0772 e. The Balaban J connectivity index is 1.69. The van der Waals surface area contributed by atoms with Crippen molar-refractivity contribution in [3.63, 3.8) is 0 Å². The molecular weight excluding hydrogens is 258 g/mol. The highest BCUT2D eigenvalue weighted by atomic mass is 16.5. The van der Waals surface area contributed by atoms with Crippen molar-refractivity contribution in [2.24, 2.45) is 0 Å². The zero-order valence-corrected chi connectivity index (χ0v) is 12.6. The van der Waals surface area contributed by atoms with E-state index in [0.717, 1.165) is 6.42 Å². The van der Waals surface area contributed by atoms with Gasteiger partial charge in [-0.25, -0.2) is 0 Å². The van der Waals surface area contributed by atoms with Gasteiger partial charge in [0, 0.05) is 12.8 Å². The molecule has 0 bridgehead atoms. The number of nitrogens with one attached hydrogen (secondary N) is 1. The first kappa shape index (κ1) is 14.2. The number of benzene rings is 2. The summed E-state index contributed by atoms with van der Waals surface area (Å²) in [4.78, 5) is 0. The van der Waals surface area contributed by atoms with Gasteiger partial charge < -0.3 is 10.1 Å². The van der Waals surface area contributed by atoms with Crippen LogP contribution in [-0.2, 0) is 4.74 Å². The van der Waals surface area contributed by atoms with E-state index in [1.807, 2.05) is 13.2 Å². The van der Waals surface area contributed by atoms with Gasteiger partial charge in [-0.3, -0.25) is 0 Å². The van der Waals surface area contributed by atoms with Crippen molar-refractivity contribution < 1.29 is 4.74 Å². The predicted octanol–water partition coefficient (Wildman–Crippen LogP) is 4.72. The van der Waals surface area contributed by atoms with Crippen molar-refractivity contribution in [2.75, 3.05) is 12.4 Å². The monoisotopic (exact) mass is 281 g/mol. The standard InChI is InChI=1S/C19H23NO/c1-21-19-10-6-5-9-18(19)20-17-13-11-16(12-14-17)15-7-3-2-4-8-15/h2-4,7-8,11-14,18-20H,5-6,9-10H2,1H3. The van der Waals surface area contributed by atoms with Crippen LogP contribution < -0.4 is 5.32 Å². The molecule has 2 unspecified atom stereocenters. The Morgan fingerprint density at radius 2 is 1.52 bits per heavy atom. The van der Waals surface area contributed by atoms with Crippen LogP contribution >= 0.6 is 0 Å². The summed E-state index contributed by atoms with van der Waals surface area (Å²) in [5.74, 6) is 0. The molecule has 2 atom stereocenters. The van der Waals surface area contributed by atoms with Crippen LogP contribution in [0.25, 0.3) is 11.1 Å². The van der Waals surface area contributed by atoms with Gasteiger partial charge >= 0.3 is 0 Å². The number of methoxy groups -OCH3 is 1. The lowest BCUT2D eigenvalue weighted by molar-refractivity contribution is 0.0606.